The van der Waals surface area contributed by atoms with Crippen LogP contribution < -0.4 is 0 Å². The summed E-state index contributed by atoms with van der Waals surface area (Å²) in [5.74, 6) is -0.516. The van der Waals surface area contributed by atoms with E-state index in [9.17, 15) is 9.59 Å². The Morgan fingerprint density at radius 2 is 1.95 bits per heavy atom. The van der Waals surface area contributed by atoms with E-state index >= 15 is 0 Å². The number of carbonyl (C=O) groups is 2. The molecule has 3 heteroatoms. The molecule has 0 saturated heterocycles. The Kier molecular flexibility index (Phi) is 4.50. The molecule has 3 nitrogen and oxygen atoms in total. The summed E-state index contributed by atoms with van der Waals surface area (Å²) >= 11 is 0. The summed E-state index contributed by atoms with van der Waals surface area (Å²) in [5.41, 5.74) is 0.575. The molecule has 1 aromatic carbocycles. The molecule has 19 heavy (non-hydrogen) atoms. The second-order valence-electron chi connectivity index (χ2n) is 4.79. The quantitative estimate of drug-likeness (QED) is 0.473. The van der Waals surface area contributed by atoms with Crippen LogP contribution >= 0.6 is 0 Å². The van der Waals surface area contributed by atoms with Crippen molar-refractivity contribution in [2.75, 3.05) is 0 Å². The van der Waals surface area contributed by atoms with Crippen molar-refractivity contribution in [2.24, 2.45) is 5.92 Å². The van der Waals surface area contributed by atoms with E-state index in [1.54, 1.807) is 31.2 Å². The number of Topliss-reactive ketones (excluding diaryl/α,β-unsaturated/α-hetero) is 1. The number of ether oxygens (including phenoxy) is 1. The number of ketones is 1. The van der Waals surface area contributed by atoms with Gasteiger partial charge in [-0.2, -0.15) is 0 Å². The van der Waals surface area contributed by atoms with E-state index in [4.69, 9.17) is 4.74 Å². The molecule has 0 N–H and O–H groups in total. The Bertz CT molecular complexity index is 476. The smallest absolute Gasteiger partial charge is 0.309 e. The lowest BCUT2D eigenvalue weighted by Gasteiger charge is -2.19. The lowest BCUT2D eigenvalue weighted by Crippen LogP contribution is -2.28. The van der Waals surface area contributed by atoms with Crippen molar-refractivity contribution >= 4 is 11.8 Å². The Labute approximate surface area is 113 Å². The van der Waals surface area contributed by atoms with E-state index < -0.39 is 6.10 Å². The van der Waals surface area contributed by atoms with Crippen LogP contribution in [0, 0.1) is 5.92 Å². The molecule has 1 aliphatic carbocycles. The summed E-state index contributed by atoms with van der Waals surface area (Å²) in [5, 5.41) is 0. The topological polar surface area (TPSA) is 43.4 Å². The van der Waals surface area contributed by atoms with Gasteiger partial charge >= 0.3 is 5.97 Å². The maximum absolute atomic E-state index is 12.1. The Hall–Kier alpha value is -1.90. The molecule has 0 radical (unpaired) electrons. The van der Waals surface area contributed by atoms with Crippen LogP contribution in [0.3, 0.4) is 0 Å². The van der Waals surface area contributed by atoms with Crippen molar-refractivity contribution in [3.8, 4) is 0 Å². The predicted octanol–water partition coefficient (Wildman–Crippen LogP) is 3.16. The van der Waals surface area contributed by atoms with E-state index in [1.807, 2.05) is 12.1 Å². The second-order valence-corrected chi connectivity index (χ2v) is 4.79. The molecule has 0 aliphatic heterocycles. The fourth-order valence-electron chi connectivity index (χ4n) is 2.17. The first kappa shape index (κ1) is 13.5. The molecule has 0 fully saturated rings. The summed E-state index contributed by atoms with van der Waals surface area (Å²) in [4.78, 5) is 24.0. The molecule has 0 spiro atoms. The largest absolute Gasteiger partial charge is 0.454 e. The van der Waals surface area contributed by atoms with Crippen molar-refractivity contribution in [3.63, 3.8) is 0 Å². The third-order valence-corrected chi connectivity index (χ3v) is 3.32. The van der Waals surface area contributed by atoms with Crippen molar-refractivity contribution in [1.29, 1.82) is 0 Å². The Morgan fingerprint density at radius 1 is 1.21 bits per heavy atom. The summed E-state index contributed by atoms with van der Waals surface area (Å²) < 4.78 is 5.28. The van der Waals surface area contributed by atoms with Crippen LogP contribution in [-0.2, 0) is 9.53 Å². The van der Waals surface area contributed by atoms with Gasteiger partial charge in [0.2, 0.25) is 5.78 Å². The standard InChI is InChI=1S/C16H18O3/c1-12(15(17)13-8-4-2-5-9-13)19-16(18)14-10-6-3-7-11-14/h2-6,8-9,12,14H,7,10-11H2,1H3. The number of benzene rings is 1. The molecular formula is C16H18O3. The maximum Gasteiger partial charge on any atom is 0.309 e. The highest BCUT2D eigenvalue weighted by molar-refractivity contribution is 6.00. The summed E-state index contributed by atoms with van der Waals surface area (Å²) in [6.07, 6.45) is 5.77. The highest BCUT2D eigenvalue weighted by Crippen LogP contribution is 2.20. The Morgan fingerprint density at radius 3 is 2.58 bits per heavy atom. The van der Waals surface area contributed by atoms with E-state index in [1.165, 1.54) is 0 Å². The van der Waals surface area contributed by atoms with Crippen LogP contribution in [0.5, 0.6) is 0 Å². The number of esters is 1. The number of allylic oxidation sites excluding steroid dienone is 2. The number of carbonyl (C=O) groups excluding carboxylic acids is 2. The first-order chi connectivity index (χ1) is 9.18. The van der Waals surface area contributed by atoms with Crippen LogP contribution in [0.1, 0.15) is 36.5 Å². The highest BCUT2D eigenvalue weighted by Gasteiger charge is 2.25. The zero-order chi connectivity index (χ0) is 13.7. The van der Waals surface area contributed by atoms with Gasteiger partial charge in [-0.1, -0.05) is 42.5 Å². The SMILES string of the molecule is CC(OC(=O)C1CC=CCC1)C(=O)c1ccccc1. The normalized spacial score (nSPS) is 19.7. The molecule has 0 heterocycles. The van der Waals surface area contributed by atoms with E-state index in [-0.39, 0.29) is 17.7 Å². The van der Waals surface area contributed by atoms with Gasteiger partial charge < -0.3 is 4.74 Å². The van der Waals surface area contributed by atoms with Crippen LogP contribution in [-0.4, -0.2) is 17.9 Å². The zero-order valence-electron chi connectivity index (χ0n) is 11.0. The molecule has 0 aromatic heterocycles. The molecule has 2 atom stereocenters. The predicted molar refractivity (Wildman–Crippen MR) is 72.8 cm³/mol. The fraction of sp³-hybridized carbons (Fsp3) is 0.375. The van der Waals surface area contributed by atoms with Gasteiger partial charge in [0.15, 0.2) is 6.10 Å². The van der Waals surface area contributed by atoms with Crippen molar-refractivity contribution in [3.05, 3.63) is 48.0 Å². The molecule has 100 valence electrons. The molecule has 1 aromatic rings. The molecular weight excluding hydrogens is 240 g/mol. The third-order valence-electron chi connectivity index (χ3n) is 3.32. The van der Waals surface area contributed by atoms with Crippen molar-refractivity contribution in [2.45, 2.75) is 32.3 Å². The molecule has 0 amide bonds. The molecule has 2 rings (SSSR count). The van der Waals surface area contributed by atoms with Gasteiger partial charge in [-0.05, 0) is 26.2 Å². The van der Waals surface area contributed by atoms with Crippen LogP contribution in [0.15, 0.2) is 42.5 Å². The van der Waals surface area contributed by atoms with Gasteiger partial charge in [0, 0.05) is 5.56 Å². The average Bonchev–Trinajstić information content (AvgIpc) is 2.48. The average molecular weight is 258 g/mol. The summed E-state index contributed by atoms with van der Waals surface area (Å²) in [7, 11) is 0. The van der Waals surface area contributed by atoms with Crippen LogP contribution in [0.2, 0.25) is 0 Å². The van der Waals surface area contributed by atoms with Gasteiger partial charge in [-0.3, -0.25) is 9.59 Å². The second kappa shape index (κ2) is 6.32. The zero-order valence-corrected chi connectivity index (χ0v) is 11.0. The maximum atomic E-state index is 12.1. The number of rotatable bonds is 4. The lowest BCUT2D eigenvalue weighted by molar-refractivity contribution is -0.151. The fourth-order valence-corrected chi connectivity index (χ4v) is 2.17. The van der Waals surface area contributed by atoms with E-state index in [0.29, 0.717) is 12.0 Å². The minimum Gasteiger partial charge on any atom is -0.454 e. The van der Waals surface area contributed by atoms with Gasteiger partial charge in [-0.25, -0.2) is 0 Å². The van der Waals surface area contributed by atoms with Crippen molar-refractivity contribution in [1.82, 2.24) is 0 Å². The lowest BCUT2D eigenvalue weighted by atomic mass is 9.94. The monoisotopic (exact) mass is 258 g/mol. The van der Waals surface area contributed by atoms with E-state index in [2.05, 4.69) is 6.08 Å². The van der Waals surface area contributed by atoms with E-state index in [0.717, 1.165) is 12.8 Å². The number of hydrogen-bond acceptors (Lipinski definition) is 3. The first-order valence-corrected chi connectivity index (χ1v) is 6.63. The van der Waals surface area contributed by atoms with Crippen LogP contribution in [0.4, 0.5) is 0 Å². The molecule has 1 aliphatic rings. The highest BCUT2D eigenvalue weighted by atomic mass is 16.5. The first-order valence-electron chi connectivity index (χ1n) is 6.63. The van der Waals surface area contributed by atoms with Gasteiger partial charge in [-0.15, -0.1) is 0 Å². The van der Waals surface area contributed by atoms with Crippen molar-refractivity contribution < 1.29 is 14.3 Å². The molecule has 0 saturated carbocycles. The van der Waals surface area contributed by atoms with Gasteiger partial charge in [0.25, 0.3) is 0 Å². The third kappa shape index (κ3) is 3.53. The van der Waals surface area contributed by atoms with Gasteiger partial charge in [0.1, 0.15) is 0 Å². The Balaban J connectivity index is 1.93. The molecule has 0 bridgehead atoms. The molecule has 2 unspecified atom stereocenters. The van der Waals surface area contributed by atoms with Crippen LogP contribution in [0.25, 0.3) is 0 Å². The summed E-state index contributed by atoms with van der Waals surface area (Å²) in [6.45, 7) is 1.63. The van der Waals surface area contributed by atoms with Gasteiger partial charge in [0.05, 0.1) is 5.92 Å². The number of hydrogen-bond donors (Lipinski definition) is 0. The minimum atomic E-state index is -0.721. The summed E-state index contributed by atoms with van der Waals surface area (Å²) in [6, 6.07) is 8.91. The minimum absolute atomic E-state index is 0.101.